The van der Waals surface area contributed by atoms with Gasteiger partial charge in [0.1, 0.15) is 11.6 Å². The first-order chi connectivity index (χ1) is 8.49. The first-order valence-electron chi connectivity index (χ1n) is 5.85. The second kappa shape index (κ2) is 6.54. The zero-order valence-electron chi connectivity index (χ0n) is 10.2. The highest BCUT2D eigenvalue weighted by atomic mass is 19.2. The van der Waals surface area contributed by atoms with Crippen LogP contribution in [-0.2, 0) is 4.79 Å². The van der Waals surface area contributed by atoms with Crippen molar-refractivity contribution in [1.29, 1.82) is 0 Å². The van der Waals surface area contributed by atoms with Gasteiger partial charge in [-0.3, -0.25) is 4.79 Å². The van der Waals surface area contributed by atoms with Crippen LogP contribution in [0.15, 0.2) is 12.1 Å². The van der Waals surface area contributed by atoms with E-state index >= 15 is 0 Å². The van der Waals surface area contributed by atoms with Crippen LogP contribution in [0, 0.1) is 17.5 Å². The predicted molar refractivity (Wildman–Crippen MR) is 62.6 cm³/mol. The summed E-state index contributed by atoms with van der Waals surface area (Å²) in [5, 5.41) is 0. The molecule has 0 amide bonds. The van der Waals surface area contributed by atoms with Gasteiger partial charge < -0.3 is 5.73 Å². The maximum absolute atomic E-state index is 13.5. The first-order valence-corrected chi connectivity index (χ1v) is 5.85. The molecule has 0 spiro atoms. The van der Waals surface area contributed by atoms with Gasteiger partial charge in [-0.2, -0.15) is 0 Å². The van der Waals surface area contributed by atoms with E-state index in [0.29, 0.717) is 18.9 Å². The molecule has 1 aromatic rings. The van der Waals surface area contributed by atoms with E-state index in [0.717, 1.165) is 6.07 Å². The van der Waals surface area contributed by atoms with Crippen LogP contribution in [0.4, 0.5) is 13.2 Å². The molecule has 1 rings (SSSR count). The summed E-state index contributed by atoms with van der Waals surface area (Å²) < 4.78 is 39.7. The molecule has 0 fully saturated rings. The molecule has 0 aliphatic rings. The van der Waals surface area contributed by atoms with Crippen molar-refractivity contribution < 1.29 is 18.0 Å². The Kier molecular flexibility index (Phi) is 5.34. The van der Waals surface area contributed by atoms with E-state index < -0.39 is 23.4 Å². The molecule has 100 valence electrons. The first kappa shape index (κ1) is 14.7. The second-order valence-electron chi connectivity index (χ2n) is 4.22. The van der Waals surface area contributed by atoms with Crippen LogP contribution in [0.25, 0.3) is 0 Å². The number of hydrogen-bond acceptors (Lipinski definition) is 2. The number of carbonyl (C=O) groups is 1. The highest BCUT2D eigenvalue weighted by Gasteiger charge is 2.21. The number of benzene rings is 1. The van der Waals surface area contributed by atoms with Crippen molar-refractivity contribution in [1.82, 2.24) is 0 Å². The van der Waals surface area contributed by atoms with E-state index in [2.05, 4.69) is 0 Å². The molecule has 0 aliphatic heterocycles. The summed E-state index contributed by atoms with van der Waals surface area (Å²) in [6.07, 6.45) is 1.04. The Morgan fingerprint density at radius 3 is 2.56 bits per heavy atom. The van der Waals surface area contributed by atoms with Gasteiger partial charge in [-0.05, 0) is 24.6 Å². The van der Waals surface area contributed by atoms with E-state index in [-0.39, 0.29) is 24.3 Å². The van der Waals surface area contributed by atoms with E-state index in [1.54, 1.807) is 0 Å². The van der Waals surface area contributed by atoms with Crippen molar-refractivity contribution in [3.8, 4) is 0 Å². The highest BCUT2D eigenvalue weighted by molar-refractivity contribution is 5.79. The summed E-state index contributed by atoms with van der Waals surface area (Å²) >= 11 is 0. The van der Waals surface area contributed by atoms with E-state index in [1.807, 2.05) is 6.92 Å². The van der Waals surface area contributed by atoms with Gasteiger partial charge in [0.2, 0.25) is 0 Å². The number of Topliss-reactive ketones (excluding diaryl/α,β-unsaturated/α-hetero) is 1. The third-order valence-electron chi connectivity index (χ3n) is 2.75. The van der Waals surface area contributed by atoms with Gasteiger partial charge in [0.25, 0.3) is 0 Å². The summed E-state index contributed by atoms with van der Waals surface area (Å²) in [5.74, 6) is -4.03. The number of ketones is 1. The van der Waals surface area contributed by atoms with Crippen molar-refractivity contribution in [2.75, 3.05) is 6.54 Å². The lowest BCUT2D eigenvalue weighted by Crippen LogP contribution is -2.18. The molecule has 0 heterocycles. The average molecular weight is 259 g/mol. The van der Waals surface area contributed by atoms with Crippen LogP contribution in [0.1, 0.15) is 37.7 Å². The van der Waals surface area contributed by atoms with Gasteiger partial charge in [-0.25, -0.2) is 13.2 Å². The fourth-order valence-electron chi connectivity index (χ4n) is 1.85. The molecule has 0 saturated carbocycles. The zero-order chi connectivity index (χ0) is 13.7. The molecular formula is C13H16F3NO. The molecular weight excluding hydrogens is 243 g/mol. The van der Waals surface area contributed by atoms with Crippen LogP contribution in [0.3, 0.4) is 0 Å². The minimum atomic E-state index is -1.26. The SMILES string of the molecule is CCCC(=O)CC(CN)c1cc(F)cc(F)c1F. The van der Waals surface area contributed by atoms with Gasteiger partial charge in [-0.15, -0.1) is 0 Å². The third-order valence-corrected chi connectivity index (χ3v) is 2.75. The largest absolute Gasteiger partial charge is 0.330 e. The zero-order valence-corrected chi connectivity index (χ0v) is 10.2. The molecule has 2 N–H and O–H groups in total. The van der Waals surface area contributed by atoms with Gasteiger partial charge in [-0.1, -0.05) is 6.92 Å². The number of hydrogen-bond donors (Lipinski definition) is 1. The molecule has 1 aromatic carbocycles. The van der Waals surface area contributed by atoms with Gasteiger partial charge in [0.05, 0.1) is 0 Å². The summed E-state index contributed by atoms with van der Waals surface area (Å²) in [6.45, 7) is 1.81. The quantitative estimate of drug-likeness (QED) is 0.798. The molecule has 1 unspecified atom stereocenters. The van der Waals surface area contributed by atoms with Crippen LogP contribution >= 0.6 is 0 Å². The van der Waals surface area contributed by atoms with Crippen molar-refractivity contribution >= 4 is 5.78 Å². The third kappa shape index (κ3) is 3.57. The fraction of sp³-hybridized carbons (Fsp3) is 0.462. The molecule has 2 nitrogen and oxygen atoms in total. The normalized spacial score (nSPS) is 12.5. The van der Waals surface area contributed by atoms with Crippen LogP contribution in [0.5, 0.6) is 0 Å². The predicted octanol–water partition coefficient (Wildman–Crippen LogP) is 2.91. The minimum absolute atomic E-state index is 0.00412. The topological polar surface area (TPSA) is 43.1 Å². The second-order valence-corrected chi connectivity index (χ2v) is 4.22. The molecule has 0 aliphatic carbocycles. The Morgan fingerprint density at radius 2 is 2.00 bits per heavy atom. The maximum atomic E-state index is 13.5. The smallest absolute Gasteiger partial charge is 0.162 e. The average Bonchev–Trinajstić information content (AvgIpc) is 2.31. The summed E-state index contributed by atoms with van der Waals surface area (Å²) in [7, 11) is 0. The molecule has 1 atom stereocenters. The maximum Gasteiger partial charge on any atom is 0.162 e. The Morgan fingerprint density at radius 1 is 1.33 bits per heavy atom. The molecule has 0 bridgehead atoms. The number of nitrogens with two attached hydrogens (primary N) is 1. The van der Waals surface area contributed by atoms with Gasteiger partial charge >= 0.3 is 0 Å². The van der Waals surface area contributed by atoms with E-state index in [1.165, 1.54) is 0 Å². The molecule has 0 radical (unpaired) electrons. The Bertz CT molecular complexity index is 434. The molecule has 5 heteroatoms. The fourth-order valence-corrected chi connectivity index (χ4v) is 1.85. The van der Waals surface area contributed by atoms with Crippen LogP contribution < -0.4 is 5.73 Å². The highest BCUT2D eigenvalue weighted by Crippen LogP contribution is 2.25. The number of carbonyl (C=O) groups excluding carboxylic acids is 1. The van der Waals surface area contributed by atoms with Crippen molar-refractivity contribution in [2.24, 2.45) is 5.73 Å². The Labute approximate surface area is 104 Å². The summed E-state index contributed by atoms with van der Waals surface area (Å²) in [4.78, 5) is 11.5. The number of rotatable bonds is 6. The van der Waals surface area contributed by atoms with E-state index in [9.17, 15) is 18.0 Å². The molecule has 0 aromatic heterocycles. The van der Waals surface area contributed by atoms with Crippen LogP contribution in [-0.4, -0.2) is 12.3 Å². The molecule has 18 heavy (non-hydrogen) atoms. The number of halogens is 3. The van der Waals surface area contributed by atoms with Gasteiger partial charge in [0.15, 0.2) is 11.6 Å². The van der Waals surface area contributed by atoms with Crippen LogP contribution in [0.2, 0.25) is 0 Å². The Balaban J connectivity index is 2.98. The summed E-state index contributed by atoms with van der Waals surface area (Å²) in [5.41, 5.74) is 5.29. The van der Waals surface area contributed by atoms with Gasteiger partial charge in [0, 0.05) is 24.8 Å². The van der Waals surface area contributed by atoms with E-state index in [4.69, 9.17) is 5.73 Å². The van der Waals surface area contributed by atoms with Crippen molar-refractivity contribution in [3.05, 3.63) is 35.1 Å². The lowest BCUT2D eigenvalue weighted by molar-refractivity contribution is -0.119. The van der Waals surface area contributed by atoms with Crippen molar-refractivity contribution in [3.63, 3.8) is 0 Å². The lowest BCUT2D eigenvalue weighted by atomic mass is 9.92. The monoisotopic (exact) mass is 259 g/mol. The summed E-state index contributed by atoms with van der Waals surface area (Å²) in [6, 6.07) is 1.37. The van der Waals surface area contributed by atoms with Crippen molar-refractivity contribution in [2.45, 2.75) is 32.1 Å². The molecule has 0 saturated heterocycles. The minimum Gasteiger partial charge on any atom is -0.330 e. The Hall–Kier alpha value is -1.36. The standard InChI is InChI=1S/C13H16F3NO/c1-2-3-10(18)4-8(7-17)11-5-9(14)6-12(15)13(11)16/h5-6,8H,2-4,7,17H2,1H3. The lowest BCUT2D eigenvalue weighted by Gasteiger charge is -2.15.